The van der Waals surface area contributed by atoms with Gasteiger partial charge < -0.3 is 10.6 Å². The highest BCUT2D eigenvalue weighted by molar-refractivity contribution is 7.12. The van der Waals surface area contributed by atoms with E-state index in [4.69, 9.17) is 0 Å². The van der Waals surface area contributed by atoms with Gasteiger partial charge in [0.25, 0.3) is 0 Å². The van der Waals surface area contributed by atoms with Gasteiger partial charge in [-0.25, -0.2) is 0 Å². The van der Waals surface area contributed by atoms with Gasteiger partial charge >= 0.3 is 0 Å². The Kier molecular flexibility index (Phi) is 5.25. The first-order valence-corrected chi connectivity index (χ1v) is 5.75. The summed E-state index contributed by atoms with van der Waals surface area (Å²) < 4.78 is 0. The molecule has 0 aromatic carbocycles. The van der Waals surface area contributed by atoms with Gasteiger partial charge in [0, 0.05) is 12.6 Å². The molecule has 0 amide bonds. The molecule has 1 atom stereocenters. The molecule has 2 heterocycles. The quantitative estimate of drug-likeness (QED) is 0.787. The predicted molar refractivity (Wildman–Crippen MR) is 65.2 cm³/mol. The van der Waals surface area contributed by atoms with Crippen molar-refractivity contribution in [3.05, 3.63) is 22.4 Å². The lowest BCUT2D eigenvalue weighted by Gasteiger charge is -2.09. The van der Waals surface area contributed by atoms with Crippen LogP contribution in [0.1, 0.15) is 16.1 Å². The predicted octanol–water partition coefficient (Wildman–Crippen LogP) is 1.30. The van der Waals surface area contributed by atoms with Crippen molar-refractivity contribution >= 4 is 29.5 Å². The summed E-state index contributed by atoms with van der Waals surface area (Å²) in [5.74, 6) is 0.201. The summed E-state index contributed by atoms with van der Waals surface area (Å²) in [5, 5.41) is 8.46. The van der Waals surface area contributed by atoms with Gasteiger partial charge in [0.15, 0.2) is 5.78 Å². The summed E-state index contributed by atoms with van der Waals surface area (Å²) in [5.41, 5.74) is 0. The smallest absolute Gasteiger partial charge is 0.186 e. The fourth-order valence-electron chi connectivity index (χ4n) is 1.59. The minimum atomic E-state index is 0. The van der Waals surface area contributed by atoms with Crippen LogP contribution in [0, 0.1) is 0 Å². The maximum Gasteiger partial charge on any atom is 0.186 e. The summed E-state index contributed by atoms with van der Waals surface area (Å²) in [6.07, 6.45) is 1.12. The first-order valence-electron chi connectivity index (χ1n) is 4.87. The third-order valence-electron chi connectivity index (χ3n) is 2.41. The zero-order valence-corrected chi connectivity index (χ0v) is 10.00. The molecule has 2 rings (SSSR count). The Morgan fingerprint density at radius 3 is 3.13 bits per heavy atom. The average molecular weight is 247 g/mol. The number of rotatable bonds is 4. The molecule has 1 aliphatic rings. The van der Waals surface area contributed by atoms with Crippen LogP contribution >= 0.6 is 23.7 Å². The van der Waals surface area contributed by atoms with Gasteiger partial charge in [-0.3, -0.25) is 4.79 Å². The molecular weight excluding hydrogens is 232 g/mol. The van der Waals surface area contributed by atoms with E-state index in [-0.39, 0.29) is 18.2 Å². The highest BCUT2D eigenvalue weighted by atomic mass is 35.5. The van der Waals surface area contributed by atoms with Crippen LogP contribution in [0.25, 0.3) is 0 Å². The number of hydrogen-bond donors (Lipinski definition) is 2. The molecule has 84 valence electrons. The maximum absolute atomic E-state index is 11.6. The van der Waals surface area contributed by atoms with Gasteiger partial charge in [0.2, 0.25) is 0 Å². The zero-order chi connectivity index (χ0) is 9.80. The molecule has 1 fully saturated rings. The lowest BCUT2D eigenvalue weighted by molar-refractivity contribution is 0.0992. The molecule has 1 aromatic heterocycles. The van der Waals surface area contributed by atoms with Crippen LogP contribution in [0.4, 0.5) is 0 Å². The fraction of sp³-hybridized carbons (Fsp3) is 0.500. The third kappa shape index (κ3) is 3.57. The van der Waals surface area contributed by atoms with Crippen molar-refractivity contribution in [2.75, 3.05) is 19.6 Å². The number of carbonyl (C=O) groups is 1. The molecule has 15 heavy (non-hydrogen) atoms. The Labute approximate surface area is 99.7 Å². The number of hydrogen-bond acceptors (Lipinski definition) is 4. The van der Waals surface area contributed by atoms with Crippen LogP contribution < -0.4 is 10.6 Å². The highest BCUT2D eigenvalue weighted by Crippen LogP contribution is 2.08. The van der Waals surface area contributed by atoms with E-state index in [0.717, 1.165) is 24.4 Å². The number of ketones is 1. The molecule has 0 aliphatic carbocycles. The molecule has 3 nitrogen and oxygen atoms in total. The largest absolute Gasteiger partial charge is 0.315 e. The molecule has 0 spiro atoms. The van der Waals surface area contributed by atoms with E-state index in [9.17, 15) is 4.79 Å². The van der Waals surface area contributed by atoms with Crippen LogP contribution in [0.3, 0.4) is 0 Å². The van der Waals surface area contributed by atoms with Crippen molar-refractivity contribution in [2.45, 2.75) is 12.5 Å². The van der Waals surface area contributed by atoms with Crippen molar-refractivity contribution < 1.29 is 4.79 Å². The number of carbonyl (C=O) groups excluding carboxylic acids is 1. The van der Waals surface area contributed by atoms with E-state index in [1.165, 1.54) is 11.3 Å². The molecule has 0 saturated carbocycles. The Hall–Kier alpha value is -0.420. The third-order valence-corrected chi connectivity index (χ3v) is 3.32. The van der Waals surface area contributed by atoms with Crippen molar-refractivity contribution in [1.82, 2.24) is 10.6 Å². The summed E-state index contributed by atoms with van der Waals surface area (Å²) in [6, 6.07) is 4.26. The second-order valence-electron chi connectivity index (χ2n) is 3.47. The molecule has 1 aromatic rings. The maximum atomic E-state index is 11.6. The Morgan fingerprint density at radius 1 is 1.67 bits per heavy atom. The minimum absolute atomic E-state index is 0. The number of nitrogens with one attached hydrogen (secondary N) is 2. The van der Waals surface area contributed by atoms with E-state index in [1.807, 2.05) is 17.5 Å². The summed E-state index contributed by atoms with van der Waals surface area (Å²) in [7, 11) is 0. The molecule has 1 saturated heterocycles. The normalized spacial score (nSPS) is 19.9. The van der Waals surface area contributed by atoms with Gasteiger partial charge in [-0.1, -0.05) is 6.07 Å². The van der Waals surface area contributed by atoms with E-state index in [2.05, 4.69) is 10.6 Å². The minimum Gasteiger partial charge on any atom is -0.315 e. The second kappa shape index (κ2) is 6.23. The van der Waals surface area contributed by atoms with E-state index in [0.29, 0.717) is 12.6 Å². The number of thiophene rings is 1. The van der Waals surface area contributed by atoms with Crippen LogP contribution in [0.2, 0.25) is 0 Å². The van der Waals surface area contributed by atoms with Crippen molar-refractivity contribution in [1.29, 1.82) is 0 Å². The van der Waals surface area contributed by atoms with Crippen molar-refractivity contribution in [2.24, 2.45) is 0 Å². The zero-order valence-electron chi connectivity index (χ0n) is 8.36. The standard InChI is InChI=1S/C10H14N2OS.ClH/c13-9(10-2-1-5-14-10)7-12-8-3-4-11-6-8;/h1-2,5,8,11-12H,3-4,6-7H2;1H/t8-;/m0./s1. The van der Waals surface area contributed by atoms with Crippen LogP contribution in [0.5, 0.6) is 0 Å². The van der Waals surface area contributed by atoms with Crippen LogP contribution in [-0.4, -0.2) is 31.5 Å². The van der Waals surface area contributed by atoms with Crippen molar-refractivity contribution in [3.63, 3.8) is 0 Å². The van der Waals surface area contributed by atoms with Gasteiger partial charge in [0.1, 0.15) is 0 Å². The summed E-state index contributed by atoms with van der Waals surface area (Å²) in [4.78, 5) is 12.4. The van der Waals surface area contributed by atoms with Gasteiger partial charge in [0.05, 0.1) is 11.4 Å². The average Bonchev–Trinajstić information content (AvgIpc) is 2.87. The summed E-state index contributed by atoms with van der Waals surface area (Å²) >= 11 is 1.51. The number of halogens is 1. The van der Waals surface area contributed by atoms with Crippen molar-refractivity contribution in [3.8, 4) is 0 Å². The molecular formula is C10H15ClN2OS. The SMILES string of the molecule is Cl.O=C(CN[C@H]1CCNC1)c1cccs1. The van der Waals surface area contributed by atoms with E-state index in [1.54, 1.807) is 0 Å². The van der Waals surface area contributed by atoms with Crippen LogP contribution in [-0.2, 0) is 0 Å². The molecule has 2 N–H and O–H groups in total. The lowest BCUT2D eigenvalue weighted by Crippen LogP contribution is -2.34. The van der Waals surface area contributed by atoms with Gasteiger partial charge in [-0.2, -0.15) is 0 Å². The Morgan fingerprint density at radius 2 is 2.53 bits per heavy atom. The van der Waals surface area contributed by atoms with E-state index >= 15 is 0 Å². The molecule has 0 radical (unpaired) electrons. The first kappa shape index (κ1) is 12.6. The topological polar surface area (TPSA) is 41.1 Å². The first-order chi connectivity index (χ1) is 6.86. The Balaban J connectivity index is 0.00000112. The molecule has 0 bridgehead atoms. The van der Waals surface area contributed by atoms with E-state index < -0.39 is 0 Å². The monoisotopic (exact) mass is 246 g/mol. The van der Waals surface area contributed by atoms with Crippen LogP contribution in [0.15, 0.2) is 17.5 Å². The Bertz CT molecular complexity index is 296. The molecule has 1 aliphatic heterocycles. The molecule has 5 heteroatoms. The lowest BCUT2D eigenvalue weighted by atomic mass is 10.2. The molecule has 0 unspecified atom stereocenters. The highest BCUT2D eigenvalue weighted by Gasteiger charge is 2.15. The fourth-order valence-corrected chi connectivity index (χ4v) is 2.25. The van der Waals surface area contributed by atoms with Gasteiger partial charge in [-0.15, -0.1) is 23.7 Å². The number of Topliss-reactive ketones (excluding diaryl/α,β-unsaturated/α-hetero) is 1. The van der Waals surface area contributed by atoms with Gasteiger partial charge in [-0.05, 0) is 24.4 Å². The summed E-state index contributed by atoms with van der Waals surface area (Å²) in [6.45, 7) is 2.51. The second-order valence-corrected chi connectivity index (χ2v) is 4.42.